The van der Waals surface area contributed by atoms with Crippen LogP contribution < -0.4 is 20.1 Å². The Kier molecular flexibility index (Phi) is 5.76. The van der Waals surface area contributed by atoms with Gasteiger partial charge >= 0.3 is 0 Å². The topological polar surface area (TPSA) is 103 Å². The number of amides is 1. The molecule has 8 heteroatoms. The molecule has 1 amide bonds. The number of hydrogen-bond donors (Lipinski definition) is 2. The minimum Gasteiger partial charge on any atom is -0.493 e. The van der Waals surface area contributed by atoms with Gasteiger partial charge in [0.05, 0.1) is 13.0 Å². The molecule has 192 valence electrons. The van der Waals surface area contributed by atoms with E-state index in [1.807, 2.05) is 37.3 Å². The molecule has 2 aliphatic rings. The lowest BCUT2D eigenvalue weighted by Gasteiger charge is -2.25. The Labute approximate surface area is 219 Å². The highest BCUT2D eigenvalue weighted by atomic mass is 16.6. The number of methoxy groups -OCH3 is 1. The SMILES string of the molecule is COc1cc([C@@H]2[C@H](C)N[C@@]3(C(=O)Nc4ccccc43)[C@@H]2[N+](=O)[O-])ccc1OCc1cccc2ccccc12. The number of fused-ring (bicyclic) bond motifs is 3. The largest absolute Gasteiger partial charge is 0.493 e. The van der Waals surface area contributed by atoms with E-state index in [9.17, 15) is 14.9 Å². The van der Waals surface area contributed by atoms with Crippen LogP contribution in [0.4, 0.5) is 5.69 Å². The number of nitrogens with one attached hydrogen (secondary N) is 2. The van der Waals surface area contributed by atoms with E-state index in [-0.39, 0.29) is 11.0 Å². The van der Waals surface area contributed by atoms with Gasteiger partial charge in [-0.1, -0.05) is 66.7 Å². The molecule has 2 aliphatic heterocycles. The number of benzene rings is 4. The van der Waals surface area contributed by atoms with Crippen molar-refractivity contribution >= 4 is 22.4 Å². The fourth-order valence-corrected chi connectivity index (χ4v) is 6.14. The molecule has 38 heavy (non-hydrogen) atoms. The maximum Gasteiger partial charge on any atom is 0.256 e. The van der Waals surface area contributed by atoms with Gasteiger partial charge in [-0.2, -0.15) is 0 Å². The highest BCUT2D eigenvalue weighted by Crippen LogP contribution is 2.50. The number of nitro groups is 1. The van der Waals surface area contributed by atoms with E-state index in [0.717, 1.165) is 16.3 Å². The van der Waals surface area contributed by atoms with Crippen LogP contribution in [0.3, 0.4) is 0 Å². The molecule has 1 saturated heterocycles. The molecule has 6 rings (SSSR count). The summed E-state index contributed by atoms with van der Waals surface area (Å²) < 4.78 is 11.8. The van der Waals surface area contributed by atoms with Crippen LogP contribution in [0, 0.1) is 10.1 Å². The van der Waals surface area contributed by atoms with Gasteiger partial charge in [-0.05, 0) is 47.0 Å². The number of nitrogens with zero attached hydrogens (tertiary/aromatic N) is 1. The van der Waals surface area contributed by atoms with Crippen molar-refractivity contribution in [1.82, 2.24) is 5.32 Å². The molecule has 0 bridgehead atoms. The first-order chi connectivity index (χ1) is 18.4. The molecule has 0 radical (unpaired) electrons. The lowest BCUT2D eigenvalue weighted by Crippen LogP contribution is -2.54. The van der Waals surface area contributed by atoms with Gasteiger partial charge in [0, 0.05) is 22.2 Å². The van der Waals surface area contributed by atoms with Crippen molar-refractivity contribution in [3.63, 3.8) is 0 Å². The van der Waals surface area contributed by atoms with Crippen LogP contribution in [-0.2, 0) is 16.9 Å². The zero-order valence-electron chi connectivity index (χ0n) is 21.0. The lowest BCUT2D eigenvalue weighted by molar-refractivity contribution is -0.532. The smallest absolute Gasteiger partial charge is 0.256 e. The summed E-state index contributed by atoms with van der Waals surface area (Å²) >= 11 is 0. The fourth-order valence-electron chi connectivity index (χ4n) is 6.14. The van der Waals surface area contributed by atoms with Gasteiger partial charge in [-0.25, -0.2) is 0 Å². The fraction of sp³-hybridized carbons (Fsp3) is 0.233. The van der Waals surface area contributed by atoms with E-state index < -0.39 is 23.4 Å². The lowest BCUT2D eigenvalue weighted by atomic mass is 9.78. The number of ether oxygens (including phenoxy) is 2. The van der Waals surface area contributed by atoms with Crippen molar-refractivity contribution < 1.29 is 19.2 Å². The molecule has 0 aromatic heterocycles. The average Bonchev–Trinajstić information content (AvgIpc) is 3.40. The average molecular weight is 510 g/mol. The normalized spacial score (nSPS) is 23.8. The van der Waals surface area contributed by atoms with Gasteiger partial charge in [-0.3, -0.25) is 20.2 Å². The van der Waals surface area contributed by atoms with E-state index in [1.165, 1.54) is 0 Å². The van der Waals surface area contributed by atoms with Crippen molar-refractivity contribution in [1.29, 1.82) is 0 Å². The summed E-state index contributed by atoms with van der Waals surface area (Å²) in [5, 5.41) is 21.0. The number of anilines is 1. The Morgan fingerprint density at radius 1 is 0.974 bits per heavy atom. The van der Waals surface area contributed by atoms with Crippen molar-refractivity contribution in [3.05, 3.63) is 112 Å². The molecule has 0 aliphatic carbocycles. The maximum absolute atomic E-state index is 13.3. The van der Waals surface area contributed by atoms with Crippen LogP contribution in [0.25, 0.3) is 10.8 Å². The van der Waals surface area contributed by atoms with E-state index in [1.54, 1.807) is 43.5 Å². The van der Waals surface area contributed by atoms with E-state index >= 15 is 0 Å². The van der Waals surface area contributed by atoms with Gasteiger partial charge in [-0.15, -0.1) is 0 Å². The summed E-state index contributed by atoms with van der Waals surface area (Å²) in [6, 6.07) is 25.2. The first kappa shape index (κ1) is 23.9. The molecule has 4 aromatic rings. The van der Waals surface area contributed by atoms with Gasteiger partial charge in [0.25, 0.3) is 11.9 Å². The van der Waals surface area contributed by atoms with E-state index in [2.05, 4.69) is 28.8 Å². The Morgan fingerprint density at radius 2 is 1.74 bits per heavy atom. The van der Waals surface area contributed by atoms with Gasteiger partial charge < -0.3 is 14.8 Å². The first-order valence-corrected chi connectivity index (χ1v) is 12.5. The summed E-state index contributed by atoms with van der Waals surface area (Å²) in [4.78, 5) is 25.5. The van der Waals surface area contributed by atoms with E-state index in [0.29, 0.717) is 34.9 Å². The molecule has 1 fully saturated rings. The third kappa shape index (κ3) is 3.60. The molecular formula is C30H27N3O5. The number of hydrogen-bond acceptors (Lipinski definition) is 6. The number of carbonyl (C=O) groups is 1. The summed E-state index contributed by atoms with van der Waals surface area (Å²) in [7, 11) is 1.55. The van der Waals surface area contributed by atoms with Crippen molar-refractivity contribution in [2.75, 3.05) is 12.4 Å². The molecule has 4 aromatic carbocycles. The summed E-state index contributed by atoms with van der Waals surface area (Å²) in [6.45, 7) is 2.22. The predicted molar refractivity (Wildman–Crippen MR) is 144 cm³/mol. The Morgan fingerprint density at radius 3 is 2.55 bits per heavy atom. The minimum atomic E-state index is -1.46. The Hall–Kier alpha value is -4.43. The molecule has 2 heterocycles. The highest BCUT2D eigenvalue weighted by molar-refractivity contribution is 6.07. The molecule has 4 atom stereocenters. The molecule has 1 spiro atoms. The minimum absolute atomic E-state index is 0.333. The number of rotatable bonds is 6. The second-order valence-corrected chi connectivity index (χ2v) is 9.83. The van der Waals surface area contributed by atoms with Crippen LogP contribution >= 0.6 is 0 Å². The summed E-state index contributed by atoms with van der Waals surface area (Å²) in [5.41, 5.74) is 1.49. The van der Waals surface area contributed by atoms with Gasteiger partial charge in [0.2, 0.25) is 0 Å². The molecule has 0 unspecified atom stereocenters. The van der Waals surface area contributed by atoms with Crippen LogP contribution in [0.15, 0.2) is 84.9 Å². The third-order valence-corrected chi connectivity index (χ3v) is 7.80. The molecular weight excluding hydrogens is 482 g/mol. The summed E-state index contributed by atoms with van der Waals surface area (Å²) in [6.07, 6.45) is 0. The first-order valence-electron chi connectivity index (χ1n) is 12.5. The van der Waals surface area contributed by atoms with Crippen molar-refractivity contribution in [2.24, 2.45) is 0 Å². The predicted octanol–water partition coefficient (Wildman–Crippen LogP) is 5.00. The second-order valence-electron chi connectivity index (χ2n) is 9.83. The van der Waals surface area contributed by atoms with Crippen molar-refractivity contribution in [3.8, 4) is 11.5 Å². The van der Waals surface area contributed by atoms with Crippen LogP contribution in [0.1, 0.15) is 29.5 Å². The monoisotopic (exact) mass is 509 g/mol. The zero-order chi connectivity index (χ0) is 26.4. The van der Waals surface area contributed by atoms with Gasteiger partial charge in [0.15, 0.2) is 17.0 Å². The third-order valence-electron chi connectivity index (χ3n) is 7.80. The van der Waals surface area contributed by atoms with Crippen LogP contribution in [0.5, 0.6) is 11.5 Å². The van der Waals surface area contributed by atoms with Crippen LogP contribution in [0.2, 0.25) is 0 Å². The Bertz CT molecular complexity index is 1570. The quantitative estimate of drug-likeness (QED) is 0.280. The molecule has 0 saturated carbocycles. The van der Waals surface area contributed by atoms with Gasteiger partial charge in [0.1, 0.15) is 6.61 Å². The molecule has 2 N–H and O–H groups in total. The van der Waals surface area contributed by atoms with Crippen molar-refractivity contribution in [2.45, 2.75) is 37.1 Å². The summed E-state index contributed by atoms with van der Waals surface area (Å²) in [5.74, 6) is 0.0352. The molecule has 8 nitrogen and oxygen atoms in total. The van der Waals surface area contributed by atoms with Crippen LogP contribution in [-0.4, -0.2) is 30.0 Å². The number of para-hydroxylation sites is 1. The standard InChI is InChI=1S/C30H27N3O5/c1-18-27(28(33(35)36)30(32-18)23-12-5-6-13-24(23)31-29(30)34)20-14-15-25(26(16-20)37-2)38-17-21-10-7-9-19-8-3-4-11-22(19)21/h3-16,18,27-28,32H,17H2,1-2H3,(H,31,34)/t18-,27-,28+,30+/m0/s1. The Balaban J connectivity index is 1.33. The zero-order valence-corrected chi connectivity index (χ0v) is 21.0. The number of carbonyl (C=O) groups excluding carboxylic acids is 1. The maximum atomic E-state index is 13.3. The second kappa shape index (κ2) is 9.15. The highest BCUT2D eigenvalue weighted by Gasteiger charge is 2.67. The van der Waals surface area contributed by atoms with E-state index in [4.69, 9.17) is 9.47 Å².